The first-order valence-electron chi connectivity index (χ1n) is 13.7. The zero-order chi connectivity index (χ0) is 26.8. The van der Waals surface area contributed by atoms with Gasteiger partial charge in [-0.2, -0.15) is 0 Å². The van der Waals surface area contributed by atoms with Crippen molar-refractivity contribution in [1.82, 2.24) is 15.5 Å². The van der Waals surface area contributed by atoms with Crippen molar-refractivity contribution in [3.63, 3.8) is 0 Å². The maximum atomic E-state index is 13.9. The Kier molecular flexibility index (Phi) is 13.0. The summed E-state index contributed by atoms with van der Waals surface area (Å²) in [6.45, 7) is 16.1. The second-order valence-corrected chi connectivity index (χ2v) is 10.5. The molecular weight excluding hydrogens is 442 g/mol. The SMILES string of the molecule is CCOC(=O)/C(C)=C/[C@H](C(C)C)N(C)C(=O)C(NC(=O)C(CC)(CC)NC(C)CC)C1CCCC1. The van der Waals surface area contributed by atoms with Crippen molar-refractivity contribution in [2.45, 2.75) is 124 Å². The standard InChI is InChI=1S/C28H51N3O4/c1-10-21(8)30-28(11-2,12-3)27(34)29-24(22-16-14-15-17-22)25(32)31(9)23(19(5)6)18-20(7)26(33)35-13-4/h18-19,21-24,30H,10-17H2,1-9H3,(H,29,34)/b20-18+/t21?,23-,24?/m1/s1. The summed E-state index contributed by atoms with van der Waals surface area (Å²) in [7, 11) is 1.78. The Morgan fingerprint density at radius 1 is 1.06 bits per heavy atom. The lowest BCUT2D eigenvalue weighted by atomic mass is 9.88. The lowest BCUT2D eigenvalue weighted by Crippen LogP contribution is -2.63. The summed E-state index contributed by atoms with van der Waals surface area (Å²) in [5.74, 6) is -0.355. The Hall–Kier alpha value is -1.89. The number of hydrogen-bond donors (Lipinski definition) is 2. The minimum atomic E-state index is -0.705. The lowest BCUT2D eigenvalue weighted by Gasteiger charge is -2.38. The molecule has 1 saturated carbocycles. The van der Waals surface area contributed by atoms with Crippen LogP contribution in [0.3, 0.4) is 0 Å². The van der Waals surface area contributed by atoms with Gasteiger partial charge in [0.25, 0.3) is 0 Å². The smallest absolute Gasteiger partial charge is 0.333 e. The number of amides is 2. The summed E-state index contributed by atoms with van der Waals surface area (Å²) >= 11 is 0. The summed E-state index contributed by atoms with van der Waals surface area (Å²) in [5.41, 5.74) is -0.219. The van der Waals surface area contributed by atoms with Crippen LogP contribution < -0.4 is 10.6 Å². The van der Waals surface area contributed by atoms with Gasteiger partial charge in [-0.25, -0.2) is 4.79 Å². The Bertz CT molecular complexity index is 724. The van der Waals surface area contributed by atoms with Crippen molar-refractivity contribution in [2.24, 2.45) is 11.8 Å². The fourth-order valence-electron chi connectivity index (χ4n) is 5.05. The van der Waals surface area contributed by atoms with Gasteiger partial charge < -0.3 is 20.3 Å². The molecule has 0 saturated heterocycles. The molecule has 1 aliphatic rings. The highest BCUT2D eigenvalue weighted by atomic mass is 16.5. The van der Waals surface area contributed by atoms with E-state index in [-0.39, 0.29) is 41.7 Å². The number of carbonyl (C=O) groups is 3. The largest absolute Gasteiger partial charge is 0.463 e. The van der Waals surface area contributed by atoms with Gasteiger partial charge in [-0.05, 0) is 64.7 Å². The molecule has 3 atom stereocenters. The van der Waals surface area contributed by atoms with Gasteiger partial charge in [-0.3, -0.25) is 9.59 Å². The van der Waals surface area contributed by atoms with E-state index in [0.29, 0.717) is 25.0 Å². The van der Waals surface area contributed by atoms with Gasteiger partial charge in [0.2, 0.25) is 11.8 Å². The molecule has 1 aliphatic carbocycles. The Labute approximate surface area is 213 Å². The topological polar surface area (TPSA) is 87.7 Å². The van der Waals surface area contributed by atoms with Crippen LogP contribution in [0.25, 0.3) is 0 Å². The summed E-state index contributed by atoms with van der Waals surface area (Å²) < 4.78 is 5.13. The maximum absolute atomic E-state index is 13.9. The summed E-state index contributed by atoms with van der Waals surface area (Å²) in [6.07, 6.45) is 8.04. The van der Waals surface area contributed by atoms with Gasteiger partial charge >= 0.3 is 5.97 Å². The Morgan fingerprint density at radius 3 is 2.09 bits per heavy atom. The zero-order valence-corrected chi connectivity index (χ0v) is 23.7. The molecule has 35 heavy (non-hydrogen) atoms. The molecule has 0 aromatic rings. The molecular formula is C28H51N3O4. The second kappa shape index (κ2) is 14.6. The molecule has 202 valence electrons. The van der Waals surface area contributed by atoms with Gasteiger partial charge in [0, 0.05) is 18.7 Å². The van der Waals surface area contributed by atoms with Crippen LogP contribution >= 0.6 is 0 Å². The molecule has 0 aromatic heterocycles. The number of hydrogen-bond acceptors (Lipinski definition) is 5. The van der Waals surface area contributed by atoms with Crippen LogP contribution in [0.2, 0.25) is 0 Å². The van der Waals surface area contributed by atoms with E-state index in [1.807, 2.05) is 33.8 Å². The molecule has 2 amide bonds. The number of esters is 1. The number of carbonyl (C=O) groups excluding carboxylic acids is 3. The van der Waals surface area contributed by atoms with E-state index in [9.17, 15) is 14.4 Å². The van der Waals surface area contributed by atoms with E-state index in [0.717, 1.165) is 32.1 Å². The molecule has 0 radical (unpaired) electrons. The number of likely N-dealkylation sites (N-methyl/N-ethyl adjacent to an activating group) is 1. The zero-order valence-electron chi connectivity index (χ0n) is 23.7. The minimum Gasteiger partial charge on any atom is -0.463 e. The highest BCUT2D eigenvalue weighted by Crippen LogP contribution is 2.30. The van der Waals surface area contributed by atoms with E-state index < -0.39 is 11.6 Å². The van der Waals surface area contributed by atoms with Crippen molar-refractivity contribution in [3.05, 3.63) is 11.6 Å². The summed E-state index contributed by atoms with van der Waals surface area (Å²) in [5, 5.41) is 6.73. The quantitative estimate of drug-likeness (QED) is 0.273. The second-order valence-electron chi connectivity index (χ2n) is 10.5. The van der Waals surface area contributed by atoms with Gasteiger partial charge in [-0.15, -0.1) is 0 Å². The third-order valence-electron chi connectivity index (χ3n) is 7.70. The third kappa shape index (κ3) is 8.33. The number of ether oxygens (including phenoxy) is 1. The molecule has 0 aromatic carbocycles. The van der Waals surface area contributed by atoms with E-state index in [4.69, 9.17) is 4.74 Å². The van der Waals surface area contributed by atoms with Crippen LogP contribution in [0.4, 0.5) is 0 Å². The molecule has 7 nitrogen and oxygen atoms in total. The van der Waals surface area contributed by atoms with Gasteiger partial charge in [0.05, 0.1) is 18.2 Å². The van der Waals surface area contributed by atoms with Crippen molar-refractivity contribution >= 4 is 17.8 Å². The predicted octanol–water partition coefficient (Wildman–Crippen LogP) is 4.60. The fourth-order valence-corrected chi connectivity index (χ4v) is 5.05. The van der Waals surface area contributed by atoms with Crippen LogP contribution in [-0.2, 0) is 19.1 Å². The van der Waals surface area contributed by atoms with E-state index in [2.05, 4.69) is 24.5 Å². The molecule has 1 fully saturated rings. The van der Waals surface area contributed by atoms with E-state index in [1.54, 1.807) is 25.8 Å². The van der Waals surface area contributed by atoms with Crippen molar-refractivity contribution in [3.8, 4) is 0 Å². The first kappa shape index (κ1) is 31.1. The molecule has 0 spiro atoms. The monoisotopic (exact) mass is 493 g/mol. The molecule has 2 unspecified atom stereocenters. The molecule has 0 bridgehead atoms. The van der Waals surface area contributed by atoms with Crippen LogP contribution in [0.5, 0.6) is 0 Å². The summed E-state index contributed by atoms with van der Waals surface area (Å²) in [6, 6.07) is -0.665. The first-order valence-corrected chi connectivity index (χ1v) is 13.7. The maximum Gasteiger partial charge on any atom is 0.333 e. The Balaban J connectivity index is 3.26. The average Bonchev–Trinajstić information content (AvgIpc) is 3.37. The highest BCUT2D eigenvalue weighted by molar-refractivity contribution is 5.93. The van der Waals surface area contributed by atoms with Crippen LogP contribution in [0.1, 0.15) is 100 Å². The highest BCUT2D eigenvalue weighted by Gasteiger charge is 2.41. The number of nitrogens with zero attached hydrogens (tertiary/aromatic N) is 1. The molecule has 2 N–H and O–H groups in total. The Morgan fingerprint density at radius 2 is 1.63 bits per heavy atom. The van der Waals surface area contributed by atoms with E-state index in [1.165, 1.54) is 0 Å². The van der Waals surface area contributed by atoms with Crippen molar-refractivity contribution in [1.29, 1.82) is 0 Å². The predicted molar refractivity (Wildman–Crippen MR) is 142 cm³/mol. The van der Waals surface area contributed by atoms with Crippen LogP contribution in [0.15, 0.2) is 11.6 Å². The number of rotatable bonds is 14. The molecule has 0 heterocycles. The van der Waals surface area contributed by atoms with Gasteiger partial charge in [0.15, 0.2) is 0 Å². The minimum absolute atomic E-state index is 0.0886. The molecule has 7 heteroatoms. The van der Waals surface area contributed by atoms with Gasteiger partial charge in [-0.1, -0.05) is 53.5 Å². The van der Waals surface area contributed by atoms with Crippen molar-refractivity contribution in [2.75, 3.05) is 13.7 Å². The normalized spacial score (nSPS) is 17.7. The third-order valence-corrected chi connectivity index (χ3v) is 7.70. The van der Waals surface area contributed by atoms with Crippen LogP contribution in [0, 0.1) is 11.8 Å². The van der Waals surface area contributed by atoms with Crippen LogP contribution in [-0.4, -0.2) is 60.0 Å². The number of nitrogens with one attached hydrogen (secondary N) is 2. The molecule has 0 aliphatic heterocycles. The van der Waals surface area contributed by atoms with Gasteiger partial charge in [0.1, 0.15) is 6.04 Å². The fraction of sp³-hybridized carbons (Fsp3) is 0.821. The molecule has 1 rings (SSSR count). The van der Waals surface area contributed by atoms with E-state index >= 15 is 0 Å². The summed E-state index contributed by atoms with van der Waals surface area (Å²) in [4.78, 5) is 41.5. The van der Waals surface area contributed by atoms with Crippen molar-refractivity contribution < 1.29 is 19.1 Å². The average molecular weight is 494 g/mol. The first-order chi connectivity index (χ1) is 16.5. The lowest BCUT2D eigenvalue weighted by molar-refractivity contribution is -0.141.